The molecule has 0 unspecified atom stereocenters. The molecule has 1 N–H and O–H groups in total. The van der Waals surface area contributed by atoms with Gasteiger partial charge in [0.2, 0.25) is 0 Å². The fourth-order valence-electron chi connectivity index (χ4n) is 1.62. The van der Waals surface area contributed by atoms with Gasteiger partial charge in [-0.1, -0.05) is 11.6 Å². The number of nitrogens with zero attached hydrogens (tertiary/aromatic N) is 1. The van der Waals surface area contributed by atoms with E-state index >= 15 is 0 Å². The van der Waals surface area contributed by atoms with Crippen molar-refractivity contribution in [2.75, 3.05) is 12.4 Å². The number of carbonyl (C=O) groups is 1. The summed E-state index contributed by atoms with van der Waals surface area (Å²) >= 11 is 7.48. The number of halogens is 1. The van der Waals surface area contributed by atoms with Crippen molar-refractivity contribution in [2.45, 2.75) is 13.5 Å². The molecule has 19 heavy (non-hydrogen) atoms. The first kappa shape index (κ1) is 13.8. The first-order valence-electron chi connectivity index (χ1n) is 5.62. The smallest absolute Gasteiger partial charge is 0.340 e. The van der Waals surface area contributed by atoms with Gasteiger partial charge in [-0.3, -0.25) is 0 Å². The normalized spacial score (nSPS) is 10.3. The number of methoxy groups -OCH3 is 1. The Balaban J connectivity index is 2.20. The lowest BCUT2D eigenvalue weighted by Crippen LogP contribution is -2.08. The minimum Gasteiger partial charge on any atom is -0.465 e. The van der Waals surface area contributed by atoms with Crippen LogP contribution in [0.25, 0.3) is 0 Å². The highest BCUT2D eigenvalue weighted by atomic mass is 35.5. The van der Waals surface area contributed by atoms with E-state index in [9.17, 15) is 4.79 Å². The SMILES string of the molecule is COC(=O)c1cc(Cl)ccc1NCc1scnc1C. The van der Waals surface area contributed by atoms with Gasteiger partial charge in [0.1, 0.15) is 0 Å². The molecule has 0 spiro atoms. The Morgan fingerprint density at radius 1 is 1.53 bits per heavy atom. The molecule has 100 valence electrons. The van der Waals surface area contributed by atoms with Gasteiger partial charge in [-0.05, 0) is 25.1 Å². The number of aryl methyl sites for hydroxylation is 1. The molecule has 4 nitrogen and oxygen atoms in total. The number of aromatic nitrogens is 1. The average Bonchev–Trinajstić information content (AvgIpc) is 2.82. The van der Waals surface area contributed by atoms with Gasteiger partial charge in [-0.25, -0.2) is 9.78 Å². The van der Waals surface area contributed by atoms with Crippen molar-refractivity contribution in [3.8, 4) is 0 Å². The van der Waals surface area contributed by atoms with Crippen LogP contribution in [0.2, 0.25) is 5.02 Å². The Kier molecular flexibility index (Phi) is 4.39. The Labute approximate surface area is 120 Å². The van der Waals surface area contributed by atoms with Crippen LogP contribution in [0.4, 0.5) is 5.69 Å². The van der Waals surface area contributed by atoms with Crippen LogP contribution >= 0.6 is 22.9 Å². The fourth-order valence-corrected chi connectivity index (χ4v) is 2.51. The summed E-state index contributed by atoms with van der Waals surface area (Å²) in [5.74, 6) is -0.411. The Bertz CT molecular complexity index is 598. The first-order valence-corrected chi connectivity index (χ1v) is 6.88. The molecule has 2 aromatic rings. The molecule has 0 radical (unpaired) electrons. The maximum absolute atomic E-state index is 11.7. The molecule has 0 saturated carbocycles. The second kappa shape index (κ2) is 6.04. The molecule has 0 atom stereocenters. The summed E-state index contributed by atoms with van der Waals surface area (Å²) in [6, 6.07) is 5.09. The third kappa shape index (κ3) is 3.24. The van der Waals surface area contributed by atoms with Gasteiger partial charge in [-0.15, -0.1) is 11.3 Å². The quantitative estimate of drug-likeness (QED) is 0.877. The fraction of sp³-hybridized carbons (Fsp3) is 0.231. The predicted molar refractivity (Wildman–Crippen MR) is 77.0 cm³/mol. The number of anilines is 1. The van der Waals surface area contributed by atoms with E-state index in [1.54, 1.807) is 35.0 Å². The van der Waals surface area contributed by atoms with E-state index in [1.165, 1.54) is 7.11 Å². The molecule has 6 heteroatoms. The molecule has 0 aliphatic heterocycles. The van der Waals surface area contributed by atoms with Crippen LogP contribution in [-0.2, 0) is 11.3 Å². The standard InChI is InChI=1S/C13H13ClN2O2S/c1-8-12(19-7-16-8)6-15-11-4-3-9(14)5-10(11)13(17)18-2/h3-5,7,15H,6H2,1-2H3. The van der Waals surface area contributed by atoms with E-state index in [2.05, 4.69) is 10.3 Å². The lowest BCUT2D eigenvalue weighted by Gasteiger charge is -2.10. The monoisotopic (exact) mass is 296 g/mol. The molecule has 0 saturated heterocycles. The Hall–Kier alpha value is -1.59. The van der Waals surface area contributed by atoms with Crippen LogP contribution in [0.1, 0.15) is 20.9 Å². The molecule has 0 aliphatic carbocycles. The lowest BCUT2D eigenvalue weighted by atomic mass is 10.1. The maximum atomic E-state index is 11.7. The van der Waals surface area contributed by atoms with Crippen molar-refractivity contribution in [3.05, 3.63) is 44.9 Å². The highest BCUT2D eigenvalue weighted by Crippen LogP contribution is 2.23. The molecular weight excluding hydrogens is 284 g/mol. The van der Waals surface area contributed by atoms with Crippen LogP contribution in [0.15, 0.2) is 23.7 Å². The summed E-state index contributed by atoms with van der Waals surface area (Å²) in [4.78, 5) is 17.0. The maximum Gasteiger partial charge on any atom is 0.340 e. The van der Waals surface area contributed by atoms with Crippen molar-refractivity contribution < 1.29 is 9.53 Å². The van der Waals surface area contributed by atoms with Crippen molar-refractivity contribution in [2.24, 2.45) is 0 Å². The molecule has 1 aromatic heterocycles. The number of esters is 1. The topological polar surface area (TPSA) is 51.2 Å². The van der Waals surface area contributed by atoms with Crippen LogP contribution in [0, 0.1) is 6.92 Å². The molecule has 0 amide bonds. The van der Waals surface area contributed by atoms with Crippen LogP contribution in [-0.4, -0.2) is 18.1 Å². The second-order valence-electron chi connectivity index (χ2n) is 3.90. The largest absolute Gasteiger partial charge is 0.465 e. The van der Waals surface area contributed by atoms with E-state index in [0.717, 1.165) is 10.6 Å². The third-order valence-electron chi connectivity index (χ3n) is 2.67. The van der Waals surface area contributed by atoms with E-state index in [4.69, 9.17) is 16.3 Å². The third-order valence-corrected chi connectivity index (χ3v) is 3.84. The van der Waals surface area contributed by atoms with Crippen LogP contribution < -0.4 is 5.32 Å². The minimum atomic E-state index is -0.411. The number of benzene rings is 1. The number of carbonyl (C=O) groups excluding carboxylic acids is 1. The van der Waals surface area contributed by atoms with E-state index in [0.29, 0.717) is 22.8 Å². The minimum absolute atomic E-state index is 0.411. The molecular formula is C13H13ClN2O2S. The number of ether oxygens (including phenoxy) is 1. The molecule has 0 aliphatic rings. The zero-order chi connectivity index (χ0) is 13.8. The number of hydrogen-bond acceptors (Lipinski definition) is 5. The van der Waals surface area contributed by atoms with E-state index in [1.807, 2.05) is 6.92 Å². The first-order chi connectivity index (χ1) is 9.11. The van der Waals surface area contributed by atoms with Crippen molar-refractivity contribution in [3.63, 3.8) is 0 Å². The van der Waals surface area contributed by atoms with Crippen molar-refractivity contribution >= 4 is 34.6 Å². The molecule has 2 rings (SSSR count). The summed E-state index contributed by atoms with van der Waals surface area (Å²) < 4.78 is 4.75. The van der Waals surface area contributed by atoms with Crippen molar-refractivity contribution in [1.82, 2.24) is 4.98 Å². The number of thiazole rings is 1. The van der Waals surface area contributed by atoms with Crippen molar-refractivity contribution in [1.29, 1.82) is 0 Å². The van der Waals surface area contributed by atoms with Gasteiger partial charge in [0.05, 0.1) is 30.4 Å². The Morgan fingerprint density at radius 3 is 2.95 bits per heavy atom. The molecule has 0 fully saturated rings. The molecule has 1 heterocycles. The molecule has 1 aromatic carbocycles. The zero-order valence-electron chi connectivity index (χ0n) is 10.6. The van der Waals surface area contributed by atoms with Gasteiger partial charge in [0.15, 0.2) is 0 Å². The van der Waals surface area contributed by atoms with E-state index in [-0.39, 0.29) is 0 Å². The van der Waals surface area contributed by atoms with Gasteiger partial charge in [-0.2, -0.15) is 0 Å². The lowest BCUT2D eigenvalue weighted by molar-refractivity contribution is 0.0602. The second-order valence-corrected chi connectivity index (χ2v) is 5.27. The summed E-state index contributed by atoms with van der Waals surface area (Å²) in [6.07, 6.45) is 0. The summed E-state index contributed by atoms with van der Waals surface area (Å²) in [7, 11) is 1.35. The van der Waals surface area contributed by atoms with Gasteiger partial charge >= 0.3 is 5.97 Å². The average molecular weight is 297 g/mol. The van der Waals surface area contributed by atoms with Gasteiger partial charge in [0.25, 0.3) is 0 Å². The number of rotatable bonds is 4. The van der Waals surface area contributed by atoms with E-state index < -0.39 is 5.97 Å². The highest BCUT2D eigenvalue weighted by Gasteiger charge is 2.13. The highest BCUT2D eigenvalue weighted by molar-refractivity contribution is 7.09. The van der Waals surface area contributed by atoms with Gasteiger partial charge in [0, 0.05) is 15.6 Å². The summed E-state index contributed by atoms with van der Waals surface area (Å²) in [6.45, 7) is 2.57. The number of nitrogens with one attached hydrogen (secondary N) is 1. The summed E-state index contributed by atoms with van der Waals surface area (Å²) in [5, 5.41) is 3.71. The predicted octanol–water partition coefficient (Wildman–Crippen LogP) is 3.50. The zero-order valence-corrected chi connectivity index (χ0v) is 12.1. The van der Waals surface area contributed by atoms with Gasteiger partial charge < -0.3 is 10.1 Å². The van der Waals surface area contributed by atoms with Crippen LogP contribution in [0.3, 0.4) is 0 Å². The number of hydrogen-bond donors (Lipinski definition) is 1. The van der Waals surface area contributed by atoms with Crippen LogP contribution in [0.5, 0.6) is 0 Å². The molecule has 0 bridgehead atoms. The Morgan fingerprint density at radius 2 is 2.32 bits per heavy atom. The summed E-state index contributed by atoms with van der Waals surface area (Å²) in [5.41, 5.74) is 3.92.